The number of nitrogens with one attached hydrogen (secondary N) is 2. The van der Waals surface area contributed by atoms with Crippen LogP contribution >= 0.6 is 0 Å². The minimum Gasteiger partial charge on any atom is -0.346 e. The lowest BCUT2D eigenvalue weighted by Crippen LogP contribution is -2.01. The molecule has 5 nitrogen and oxygen atoms in total. The normalized spacial score (nSPS) is 11.0. The summed E-state index contributed by atoms with van der Waals surface area (Å²) in [6.07, 6.45) is 8.98. The standard InChI is InChI=1S/C23H14N4O/c1-2-14-3-5-15(6-4-14)21(28)16-7-9-17(10-8-16)22-26-19-13-25-23-18(11-12-24-23)20(19)27-22/h1,3-13H,(H,24,25)(H,26,27). The third kappa shape index (κ3) is 2.56. The number of imidazole rings is 1. The first-order valence-corrected chi connectivity index (χ1v) is 8.76. The molecule has 0 atom stereocenters. The number of hydrogen-bond donors (Lipinski definition) is 2. The molecule has 5 heteroatoms. The molecule has 2 aromatic carbocycles. The Hall–Kier alpha value is -4.17. The second-order valence-electron chi connectivity index (χ2n) is 6.47. The van der Waals surface area contributed by atoms with Crippen LogP contribution in [0.25, 0.3) is 33.5 Å². The molecule has 0 unspecified atom stereocenters. The van der Waals surface area contributed by atoms with Crippen LogP contribution in [0, 0.1) is 12.3 Å². The summed E-state index contributed by atoms with van der Waals surface area (Å²) in [4.78, 5) is 28.1. The number of pyridine rings is 1. The fourth-order valence-electron chi connectivity index (χ4n) is 3.27. The molecule has 0 radical (unpaired) electrons. The monoisotopic (exact) mass is 362 g/mol. The third-order valence-electron chi connectivity index (χ3n) is 4.77. The number of fused-ring (bicyclic) bond motifs is 3. The molecule has 0 spiro atoms. The number of carbonyl (C=O) groups excluding carboxylic acids is 1. The molecule has 0 bridgehead atoms. The number of rotatable bonds is 3. The first-order chi connectivity index (χ1) is 13.7. The number of aromatic amines is 2. The zero-order chi connectivity index (χ0) is 19.1. The summed E-state index contributed by atoms with van der Waals surface area (Å²) in [6.45, 7) is 0. The van der Waals surface area contributed by atoms with Crippen LogP contribution in [0.2, 0.25) is 0 Å². The van der Waals surface area contributed by atoms with Crippen molar-refractivity contribution in [1.82, 2.24) is 19.9 Å². The van der Waals surface area contributed by atoms with Crippen molar-refractivity contribution < 1.29 is 4.79 Å². The Morgan fingerprint density at radius 2 is 1.68 bits per heavy atom. The number of ketones is 1. The van der Waals surface area contributed by atoms with E-state index in [9.17, 15) is 4.79 Å². The van der Waals surface area contributed by atoms with Crippen LogP contribution in [0.4, 0.5) is 0 Å². The van der Waals surface area contributed by atoms with E-state index in [-0.39, 0.29) is 5.78 Å². The quantitative estimate of drug-likeness (QED) is 0.371. The van der Waals surface area contributed by atoms with Crippen molar-refractivity contribution in [3.63, 3.8) is 0 Å². The minimum atomic E-state index is -0.0436. The summed E-state index contributed by atoms with van der Waals surface area (Å²) in [6, 6.07) is 16.4. The molecule has 0 amide bonds. The highest BCUT2D eigenvalue weighted by molar-refractivity contribution is 6.09. The molecule has 0 aliphatic carbocycles. The van der Waals surface area contributed by atoms with Gasteiger partial charge in [-0.2, -0.15) is 0 Å². The fraction of sp³-hybridized carbons (Fsp3) is 0. The van der Waals surface area contributed by atoms with E-state index in [0.29, 0.717) is 11.1 Å². The number of hydrogen-bond acceptors (Lipinski definition) is 3. The smallest absolute Gasteiger partial charge is 0.193 e. The number of nitrogens with zero attached hydrogens (tertiary/aromatic N) is 2. The molecular weight excluding hydrogens is 348 g/mol. The van der Waals surface area contributed by atoms with Crippen LogP contribution in [-0.2, 0) is 0 Å². The average Bonchev–Trinajstić information content (AvgIpc) is 3.40. The van der Waals surface area contributed by atoms with Crippen molar-refractivity contribution in [1.29, 1.82) is 0 Å². The summed E-state index contributed by atoms with van der Waals surface area (Å²) in [7, 11) is 0. The number of carbonyl (C=O) groups is 1. The maximum absolute atomic E-state index is 12.7. The van der Waals surface area contributed by atoms with Gasteiger partial charge in [0.15, 0.2) is 5.78 Å². The highest BCUT2D eigenvalue weighted by Gasteiger charge is 2.12. The maximum Gasteiger partial charge on any atom is 0.193 e. The highest BCUT2D eigenvalue weighted by atomic mass is 16.1. The number of H-pyrrole nitrogens is 2. The van der Waals surface area contributed by atoms with Crippen molar-refractivity contribution in [3.05, 3.63) is 83.7 Å². The number of benzene rings is 2. The lowest BCUT2D eigenvalue weighted by molar-refractivity contribution is 0.103. The molecule has 0 saturated carbocycles. The molecule has 2 N–H and O–H groups in total. The van der Waals surface area contributed by atoms with Crippen molar-refractivity contribution in [2.75, 3.05) is 0 Å². The van der Waals surface area contributed by atoms with E-state index in [2.05, 4.69) is 20.9 Å². The maximum atomic E-state index is 12.7. The van der Waals surface area contributed by atoms with E-state index in [1.54, 1.807) is 30.5 Å². The second-order valence-corrected chi connectivity index (χ2v) is 6.47. The summed E-state index contributed by atoms with van der Waals surface area (Å²) in [5.41, 5.74) is 5.43. The zero-order valence-corrected chi connectivity index (χ0v) is 14.7. The van der Waals surface area contributed by atoms with Gasteiger partial charge in [0, 0.05) is 33.8 Å². The SMILES string of the molecule is C#Cc1ccc(C(=O)c2ccc(-c3nc4c(cnc5[nH]ccc54)[nH]3)cc2)cc1. The van der Waals surface area contributed by atoms with Gasteiger partial charge < -0.3 is 9.97 Å². The molecule has 3 heterocycles. The predicted octanol–water partition coefficient (Wildman–Crippen LogP) is 4.32. The first kappa shape index (κ1) is 16.0. The Morgan fingerprint density at radius 3 is 2.39 bits per heavy atom. The molecule has 0 aliphatic heterocycles. The van der Waals surface area contributed by atoms with Crippen molar-refractivity contribution in [2.24, 2.45) is 0 Å². The van der Waals surface area contributed by atoms with Crippen LogP contribution in [0.15, 0.2) is 67.0 Å². The van der Waals surface area contributed by atoms with Crippen molar-refractivity contribution >= 4 is 27.9 Å². The molecular formula is C23H14N4O. The molecule has 0 fully saturated rings. The zero-order valence-electron chi connectivity index (χ0n) is 14.7. The number of terminal acetylenes is 1. The Labute approximate surface area is 160 Å². The summed E-state index contributed by atoms with van der Waals surface area (Å²) in [5, 5.41) is 0.974. The van der Waals surface area contributed by atoms with Gasteiger partial charge in [0.25, 0.3) is 0 Å². The topological polar surface area (TPSA) is 74.4 Å². The number of aromatic nitrogens is 4. The van der Waals surface area contributed by atoms with Gasteiger partial charge in [-0.15, -0.1) is 6.42 Å². The van der Waals surface area contributed by atoms with Crippen molar-refractivity contribution in [3.8, 4) is 23.7 Å². The van der Waals surface area contributed by atoms with Gasteiger partial charge in [-0.3, -0.25) is 4.79 Å². The van der Waals surface area contributed by atoms with Gasteiger partial charge >= 0.3 is 0 Å². The molecule has 0 saturated heterocycles. The molecule has 28 heavy (non-hydrogen) atoms. The third-order valence-corrected chi connectivity index (χ3v) is 4.77. The van der Waals surface area contributed by atoms with Gasteiger partial charge in [0.2, 0.25) is 0 Å². The Kier molecular flexibility index (Phi) is 3.56. The summed E-state index contributed by atoms with van der Waals surface area (Å²) in [5.74, 6) is 3.25. The largest absolute Gasteiger partial charge is 0.346 e. The molecule has 5 rings (SSSR count). The average molecular weight is 362 g/mol. The van der Waals surface area contributed by atoms with E-state index in [1.807, 2.05) is 36.5 Å². The van der Waals surface area contributed by atoms with Crippen molar-refractivity contribution in [2.45, 2.75) is 0 Å². The van der Waals surface area contributed by atoms with Crippen LogP contribution in [0.3, 0.4) is 0 Å². The summed E-state index contributed by atoms with van der Waals surface area (Å²) < 4.78 is 0. The first-order valence-electron chi connectivity index (χ1n) is 8.76. The van der Waals surface area contributed by atoms with E-state index >= 15 is 0 Å². The Balaban J connectivity index is 1.48. The van der Waals surface area contributed by atoms with E-state index in [0.717, 1.165) is 39.0 Å². The van der Waals surface area contributed by atoms with Gasteiger partial charge in [-0.25, -0.2) is 9.97 Å². The molecule has 0 aliphatic rings. The molecule has 5 aromatic rings. The Morgan fingerprint density at radius 1 is 0.964 bits per heavy atom. The summed E-state index contributed by atoms with van der Waals surface area (Å²) >= 11 is 0. The predicted molar refractivity (Wildman–Crippen MR) is 109 cm³/mol. The van der Waals surface area contributed by atoms with Gasteiger partial charge in [0.1, 0.15) is 17.0 Å². The van der Waals surface area contributed by atoms with Gasteiger partial charge in [0.05, 0.1) is 11.7 Å². The minimum absolute atomic E-state index is 0.0436. The molecule has 3 aromatic heterocycles. The Bertz CT molecular complexity index is 1370. The van der Waals surface area contributed by atoms with Gasteiger partial charge in [-0.1, -0.05) is 30.2 Å². The lowest BCUT2D eigenvalue weighted by Gasteiger charge is -2.03. The van der Waals surface area contributed by atoms with E-state index in [4.69, 9.17) is 11.4 Å². The molecule has 132 valence electrons. The lowest BCUT2D eigenvalue weighted by atomic mass is 10.0. The highest BCUT2D eigenvalue weighted by Crippen LogP contribution is 2.25. The van der Waals surface area contributed by atoms with E-state index < -0.39 is 0 Å². The van der Waals surface area contributed by atoms with Crippen LogP contribution in [-0.4, -0.2) is 25.7 Å². The fourth-order valence-corrected chi connectivity index (χ4v) is 3.27. The van der Waals surface area contributed by atoms with Crippen LogP contribution < -0.4 is 0 Å². The van der Waals surface area contributed by atoms with Crippen LogP contribution in [0.1, 0.15) is 21.5 Å². The van der Waals surface area contributed by atoms with Crippen LogP contribution in [0.5, 0.6) is 0 Å². The van der Waals surface area contributed by atoms with Gasteiger partial charge in [-0.05, 0) is 30.3 Å². The van der Waals surface area contributed by atoms with E-state index in [1.165, 1.54) is 0 Å². The second kappa shape index (κ2) is 6.22.